The van der Waals surface area contributed by atoms with Crippen LogP contribution in [0.2, 0.25) is 0 Å². The van der Waals surface area contributed by atoms with E-state index in [0.29, 0.717) is 6.07 Å². The summed E-state index contributed by atoms with van der Waals surface area (Å²) in [6.45, 7) is 0. The molecule has 0 aliphatic rings. The maximum atomic E-state index is 12.7. The Kier molecular flexibility index (Phi) is 3.34. The molecule has 0 amide bonds. The highest BCUT2D eigenvalue weighted by molar-refractivity contribution is 7.92. The number of nitrogens with two attached hydrogens (primary N) is 1. The predicted octanol–water partition coefficient (Wildman–Crippen LogP) is 1.81. The molecule has 10 heteroatoms. The number of alkyl halides is 3. The van der Waals surface area contributed by atoms with Crippen LogP contribution in [-0.4, -0.2) is 18.4 Å². The molecular weight excluding hydrogens is 297 g/mol. The maximum absolute atomic E-state index is 12.7. The van der Waals surface area contributed by atoms with Gasteiger partial charge < -0.3 is 10.7 Å². The highest BCUT2D eigenvalue weighted by Crippen LogP contribution is 2.35. The Hall–Kier alpha value is -2.23. The molecule has 0 radical (unpaired) electrons. The van der Waals surface area contributed by atoms with Crippen molar-refractivity contribution < 1.29 is 21.6 Å². The summed E-state index contributed by atoms with van der Waals surface area (Å²) in [6.07, 6.45) is -2.50. The lowest BCUT2D eigenvalue weighted by atomic mass is 10.1. The number of benzene rings is 1. The van der Waals surface area contributed by atoms with Crippen LogP contribution in [0.3, 0.4) is 0 Å². The molecular formula is C10H9F3N4O2S. The molecule has 2 rings (SSSR count). The summed E-state index contributed by atoms with van der Waals surface area (Å²) in [5.74, 6) is 0. The Morgan fingerprint density at radius 2 is 2.00 bits per heavy atom. The van der Waals surface area contributed by atoms with Crippen LogP contribution in [0.5, 0.6) is 0 Å². The Bertz CT molecular complexity index is 711. The fourth-order valence-corrected chi connectivity index (χ4v) is 2.42. The van der Waals surface area contributed by atoms with Gasteiger partial charge in [-0.05, 0) is 18.2 Å². The van der Waals surface area contributed by atoms with E-state index in [1.165, 1.54) is 0 Å². The van der Waals surface area contributed by atoms with Gasteiger partial charge >= 0.3 is 6.18 Å². The van der Waals surface area contributed by atoms with Gasteiger partial charge in [0, 0.05) is 11.4 Å². The highest BCUT2D eigenvalue weighted by atomic mass is 32.2. The van der Waals surface area contributed by atoms with E-state index in [1.807, 2.05) is 4.72 Å². The van der Waals surface area contributed by atoms with Crippen LogP contribution in [0.25, 0.3) is 0 Å². The summed E-state index contributed by atoms with van der Waals surface area (Å²) >= 11 is 0. The van der Waals surface area contributed by atoms with E-state index < -0.39 is 27.5 Å². The van der Waals surface area contributed by atoms with Gasteiger partial charge in [-0.1, -0.05) is 0 Å². The first-order chi connectivity index (χ1) is 9.20. The summed E-state index contributed by atoms with van der Waals surface area (Å²) in [7, 11) is -4.02. The van der Waals surface area contributed by atoms with Gasteiger partial charge in [0.1, 0.15) is 0 Å². The summed E-state index contributed by atoms with van der Waals surface area (Å²) in [5, 5.41) is -0.261. The lowest BCUT2D eigenvalue weighted by Gasteiger charge is -2.12. The Balaban J connectivity index is 2.36. The van der Waals surface area contributed by atoms with Crippen molar-refractivity contribution in [3.63, 3.8) is 0 Å². The molecule has 0 saturated heterocycles. The monoisotopic (exact) mass is 306 g/mol. The minimum atomic E-state index is -4.67. The number of sulfonamides is 1. The first kappa shape index (κ1) is 14.2. The third-order valence-corrected chi connectivity index (χ3v) is 3.68. The summed E-state index contributed by atoms with van der Waals surface area (Å²) < 4.78 is 63.6. The molecule has 20 heavy (non-hydrogen) atoms. The molecule has 0 spiro atoms. The van der Waals surface area contributed by atoms with E-state index in [1.54, 1.807) is 0 Å². The van der Waals surface area contributed by atoms with E-state index >= 15 is 0 Å². The Morgan fingerprint density at radius 1 is 1.30 bits per heavy atom. The first-order valence-electron chi connectivity index (χ1n) is 5.18. The average Bonchev–Trinajstić information content (AvgIpc) is 2.84. The molecule has 108 valence electrons. The third-order valence-electron chi connectivity index (χ3n) is 2.37. The normalized spacial score (nSPS) is 12.3. The van der Waals surface area contributed by atoms with Crippen molar-refractivity contribution >= 4 is 21.4 Å². The minimum absolute atomic E-state index is 0.249. The van der Waals surface area contributed by atoms with Gasteiger partial charge in [0.15, 0.2) is 5.03 Å². The van der Waals surface area contributed by atoms with E-state index in [4.69, 9.17) is 5.73 Å². The van der Waals surface area contributed by atoms with E-state index in [0.717, 1.165) is 24.7 Å². The number of aromatic nitrogens is 2. The second-order valence-corrected chi connectivity index (χ2v) is 5.47. The lowest BCUT2D eigenvalue weighted by molar-refractivity contribution is -0.136. The SMILES string of the molecule is Nc1ccc(NS(=O)(=O)c2cnc[nH]2)cc1C(F)(F)F. The quantitative estimate of drug-likeness (QED) is 0.753. The number of hydrogen-bond acceptors (Lipinski definition) is 4. The second kappa shape index (κ2) is 4.71. The smallest absolute Gasteiger partial charge is 0.398 e. The molecule has 0 fully saturated rings. The molecule has 2 aromatic rings. The topological polar surface area (TPSA) is 101 Å². The Labute approximate surface area is 111 Å². The van der Waals surface area contributed by atoms with Crippen LogP contribution < -0.4 is 10.5 Å². The standard InChI is InChI=1S/C10H9F3N4O2S/c11-10(12,13)7-3-6(1-2-8(7)14)17-20(18,19)9-4-15-5-16-9/h1-5,17H,14H2,(H,15,16). The molecule has 0 aliphatic heterocycles. The zero-order valence-electron chi connectivity index (χ0n) is 9.77. The van der Waals surface area contributed by atoms with Crippen LogP contribution in [0.1, 0.15) is 5.56 Å². The fraction of sp³-hybridized carbons (Fsp3) is 0.100. The van der Waals surface area contributed by atoms with Crippen molar-refractivity contribution in [2.24, 2.45) is 0 Å². The fourth-order valence-electron chi connectivity index (χ4n) is 1.47. The van der Waals surface area contributed by atoms with Crippen molar-refractivity contribution in [2.45, 2.75) is 11.2 Å². The molecule has 1 heterocycles. The zero-order chi connectivity index (χ0) is 15.0. The average molecular weight is 306 g/mol. The van der Waals surface area contributed by atoms with Gasteiger partial charge in [-0.25, -0.2) is 4.98 Å². The summed E-state index contributed by atoms with van der Waals surface area (Å²) in [4.78, 5) is 5.87. The van der Waals surface area contributed by atoms with Crippen LogP contribution in [-0.2, 0) is 16.2 Å². The van der Waals surface area contributed by atoms with Crippen LogP contribution in [0.4, 0.5) is 24.5 Å². The second-order valence-electron chi connectivity index (χ2n) is 3.82. The molecule has 4 N–H and O–H groups in total. The van der Waals surface area contributed by atoms with Crippen molar-refractivity contribution in [1.29, 1.82) is 0 Å². The number of halogens is 3. The van der Waals surface area contributed by atoms with Crippen molar-refractivity contribution in [3.05, 3.63) is 36.3 Å². The number of rotatable bonds is 3. The number of aromatic amines is 1. The molecule has 0 bridgehead atoms. The van der Waals surface area contributed by atoms with Gasteiger partial charge in [0.2, 0.25) is 0 Å². The van der Waals surface area contributed by atoms with Crippen molar-refractivity contribution in [3.8, 4) is 0 Å². The largest absolute Gasteiger partial charge is 0.418 e. The third kappa shape index (κ3) is 2.85. The molecule has 6 nitrogen and oxygen atoms in total. The number of H-pyrrole nitrogens is 1. The van der Waals surface area contributed by atoms with Crippen LogP contribution >= 0.6 is 0 Å². The van der Waals surface area contributed by atoms with Crippen molar-refractivity contribution in [2.75, 3.05) is 10.5 Å². The highest BCUT2D eigenvalue weighted by Gasteiger charge is 2.33. The predicted molar refractivity (Wildman–Crippen MR) is 65.3 cm³/mol. The van der Waals surface area contributed by atoms with Crippen molar-refractivity contribution in [1.82, 2.24) is 9.97 Å². The molecule has 0 aliphatic carbocycles. The molecule has 0 atom stereocenters. The number of anilines is 2. The number of nitrogen functional groups attached to an aromatic ring is 1. The number of imidazole rings is 1. The van der Waals surface area contributed by atoms with E-state index in [-0.39, 0.29) is 10.7 Å². The molecule has 0 saturated carbocycles. The summed E-state index contributed by atoms with van der Waals surface area (Å²) in [6, 6.07) is 2.75. The maximum Gasteiger partial charge on any atom is 0.418 e. The van der Waals surface area contributed by atoms with E-state index in [9.17, 15) is 21.6 Å². The molecule has 1 aromatic heterocycles. The summed E-state index contributed by atoms with van der Waals surface area (Å²) in [5.41, 5.74) is 3.38. The zero-order valence-corrected chi connectivity index (χ0v) is 10.6. The number of nitrogens with one attached hydrogen (secondary N) is 2. The van der Waals surface area contributed by atoms with Crippen LogP contribution in [0, 0.1) is 0 Å². The Morgan fingerprint density at radius 3 is 2.55 bits per heavy atom. The minimum Gasteiger partial charge on any atom is -0.398 e. The van der Waals surface area contributed by atoms with E-state index in [2.05, 4.69) is 9.97 Å². The van der Waals surface area contributed by atoms with Gasteiger partial charge in [-0.3, -0.25) is 4.72 Å². The van der Waals surface area contributed by atoms with Gasteiger partial charge in [0.05, 0.1) is 18.1 Å². The number of nitrogens with zero attached hydrogens (tertiary/aromatic N) is 1. The lowest BCUT2D eigenvalue weighted by Crippen LogP contribution is -2.15. The van der Waals surface area contributed by atoms with Gasteiger partial charge in [-0.15, -0.1) is 0 Å². The number of hydrogen-bond donors (Lipinski definition) is 3. The van der Waals surface area contributed by atoms with Gasteiger partial charge in [-0.2, -0.15) is 21.6 Å². The van der Waals surface area contributed by atoms with Gasteiger partial charge in [0.25, 0.3) is 10.0 Å². The van der Waals surface area contributed by atoms with Crippen LogP contribution in [0.15, 0.2) is 35.7 Å². The molecule has 0 unspecified atom stereocenters. The first-order valence-corrected chi connectivity index (χ1v) is 6.66. The molecule has 1 aromatic carbocycles.